The number of hydrogen-bond donors (Lipinski definition) is 3. The third-order valence-corrected chi connectivity index (χ3v) is 4.73. The number of aromatic nitrogens is 2. The van der Waals surface area contributed by atoms with Gasteiger partial charge in [0.25, 0.3) is 0 Å². The lowest BCUT2D eigenvalue weighted by molar-refractivity contribution is 0.470. The lowest BCUT2D eigenvalue weighted by Crippen LogP contribution is -2.07. The number of benzene rings is 1. The van der Waals surface area contributed by atoms with E-state index in [1.165, 1.54) is 24.0 Å². The maximum atomic E-state index is 10.5. The molecule has 1 aliphatic carbocycles. The number of nitrogen functional groups attached to an aromatic ring is 1. The number of aromatic hydroxyl groups is 1. The summed E-state index contributed by atoms with van der Waals surface area (Å²) in [5.74, 6) is 0.712. The zero-order valence-corrected chi connectivity index (χ0v) is 12.3. The molecule has 0 saturated carbocycles. The zero-order valence-electron chi connectivity index (χ0n) is 10.8. The van der Waals surface area contributed by atoms with Gasteiger partial charge in [0, 0.05) is 11.6 Å². The van der Waals surface area contributed by atoms with Crippen molar-refractivity contribution < 1.29 is 5.11 Å². The topological polar surface area (TPSA) is 74.9 Å². The van der Waals surface area contributed by atoms with E-state index in [2.05, 4.69) is 33.1 Å². The summed E-state index contributed by atoms with van der Waals surface area (Å²) in [6.45, 7) is 2.06. The zero-order chi connectivity index (χ0) is 13.6. The van der Waals surface area contributed by atoms with E-state index in [4.69, 9.17) is 5.73 Å². The highest BCUT2D eigenvalue weighted by Gasteiger charge is 2.23. The molecule has 0 atom stereocenters. The minimum absolute atomic E-state index is 0.279. The van der Waals surface area contributed by atoms with Crippen LogP contribution in [-0.2, 0) is 12.8 Å². The highest BCUT2D eigenvalue weighted by molar-refractivity contribution is 9.10. The number of hydrogen-bond acceptors (Lipinski definition) is 3. The van der Waals surface area contributed by atoms with E-state index in [1.54, 1.807) is 6.07 Å². The van der Waals surface area contributed by atoms with Crippen molar-refractivity contribution in [3.8, 4) is 17.0 Å². The van der Waals surface area contributed by atoms with Crippen molar-refractivity contribution in [1.82, 2.24) is 10.2 Å². The highest BCUT2D eigenvalue weighted by Crippen LogP contribution is 2.44. The monoisotopic (exact) mass is 321 g/mol. The third kappa shape index (κ3) is 1.92. The second-order valence-electron chi connectivity index (χ2n) is 5.03. The van der Waals surface area contributed by atoms with Gasteiger partial charge in [0.05, 0.1) is 10.2 Å². The Balaban J connectivity index is 2.28. The molecule has 0 fully saturated rings. The molecule has 0 aliphatic heterocycles. The first-order valence-electron chi connectivity index (χ1n) is 6.43. The first-order chi connectivity index (χ1) is 9.09. The third-order valence-electron chi connectivity index (χ3n) is 3.87. The minimum Gasteiger partial charge on any atom is -0.506 e. The number of nitrogens with one attached hydrogen (secondary N) is 1. The van der Waals surface area contributed by atoms with Crippen LogP contribution in [0.4, 0.5) is 5.82 Å². The van der Waals surface area contributed by atoms with Gasteiger partial charge < -0.3 is 10.8 Å². The Labute approximate surface area is 120 Å². The Kier molecular flexibility index (Phi) is 3.01. The van der Waals surface area contributed by atoms with Crippen LogP contribution in [0.2, 0.25) is 0 Å². The molecule has 0 spiro atoms. The Hall–Kier alpha value is -1.49. The normalized spacial score (nSPS) is 14.4. The number of aromatic amines is 1. The summed E-state index contributed by atoms with van der Waals surface area (Å²) in [6.07, 6.45) is 4.48. The van der Waals surface area contributed by atoms with Gasteiger partial charge in [-0.1, -0.05) is 0 Å². The first-order valence-corrected chi connectivity index (χ1v) is 7.23. The van der Waals surface area contributed by atoms with Crippen LogP contribution >= 0.6 is 15.9 Å². The second-order valence-corrected chi connectivity index (χ2v) is 5.83. The van der Waals surface area contributed by atoms with E-state index in [1.807, 2.05) is 0 Å². The Morgan fingerprint density at radius 2 is 2.00 bits per heavy atom. The lowest BCUT2D eigenvalue weighted by Gasteiger charge is -2.23. The molecule has 3 rings (SSSR count). The molecular weight excluding hydrogens is 306 g/mol. The second kappa shape index (κ2) is 4.56. The van der Waals surface area contributed by atoms with Crippen molar-refractivity contribution >= 4 is 21.7 Å². The molecule has 1 aromatic heterocycles. The van der Waals surface area contributed by atoms with E-state index in [0.717, 1.165) is 34.1 Å². The van der Waals surface area contributed by atoms with E-state index in [0.29, 0.717) is 5.82 Å². The van der Waals surface area contributed by atoms with Crippen LogP contribution in [0, 0.1) is 6.92 Å². The van der Waals surface area contributed by atoms with Crippen molar-refractivity contribution in [2.24, 2.45) is 0 Å². The number of rotatable bonds is 1. The summed E-state index contributed by atoms with van der Waals surface area (Å²) in [6, 6.07) is 1.75. The standard InChI is InChI=1S/C14H16BrN3O/c1-7-8-4-2-3-5-9(8)13(15)14(19)12(7)10-6-11(16)18-17-10/h6,19H,2-5H2,1H3,(H3,16,17,18). The Morgan fingerprint density at radius 3 is 2.63 bits per heavy atom. The van der Waals surface area contributed by atoms with Crippen molar-refractivity contribution in [2.75, 3.05) is 5.73 Å². The summed E-state index contributed by atoms with van der Waals surface area (Å²) >= 11 is 3.54. The van der Waals surface area contributed by atoms with Crippen LogP contribution in [0.3, 0.4) is 0 Å². The molecule has 5 heteroatoms. The maximum Gasteiger partial charge on any atom is 0.145 e. The van der Waals surface area contributed by atoms with Gasteiger partial charge >= 0.3 is 0 Å². The molecule has 19 heavy (non-hydrogen) atoms. The minimum atomic E-state index is 0.279. The van der Waals surface area contributed by atoms with Crippen molar-refractivity contribution in [1.29, 1.82) is 0 Å². The molecule has 4 N–H and O–H groups in total. The lowest BCUT2D eigenvalue weighted by atomic mass is 9.85. The molecule has 2 aromatic rings. The highest BCUT2D eigenvalue weighted by atomic mass is 79.9. The molecule has 0 amide bonds. The van der Waals surface area contributed by atoms with E-state index in [-0.39, 0.29) is 5.75 Å². The number of fused-ring (bicyclic) bond motifs is 1. The predicted molar refractivity (Wildman–Crippen MR) is 79.2 cm³/mol. The molecule has 100 valence electrons. The van der Waals surface area contributed by atoms with E-state index < -0.39 is 0 Å². The van der Waals surface area contributed by atoms with Gasteiger partial charge in [-0.2, -0.15) is 5.10 Å². The molecule has 0 saturated heterocycles. The molecular formula is C14H16BrN3O. The molecule has 0 unspecified atom stereocenters. The number of phenolic OH excluding ortho intramolecular Hbond substituents is 1. The fourth-order valence-corrected chi connectivity index (χ4v) is 3.57. The number of H-pyrrole nitrogens is 1. The SMILES string of the molecule is Cc1c2c(c(Br)c(O)c1-c1cc(N)n[nH]1)CCCC2. The van der Waals surface area contributed by atoms with E-state index in [9.17, 15) is 5.11 Å². The summed E-state index contributed by atoms with van der Waals surface area (Å²) < 4.78 is 0.816. The summed E-state index contributed by atoms with van der Waals surface area (Å²) in [5, 5.41) is 17.3. The van der Waals surface area contributed by atoms with Crippen LogP contribution < -0.4 is 5.73 Å². The van der Waals surface area contributed by atoms with Gasteiger partial charge in [0.15, 0.2) is 0 Å². The Morgan fingerprint density at radius 1 is 1.32 bits per heavy atom. The molecule has 1 heterocycles. The van der Waals surface area contributed by atoms with Gasteiger partial charge in [-0.25, -0.2) is 0 Å². The van der Waals surface area contributed by atoms with Gasteiger partial charge in [0.1, 0.15) is 11.6 Å². The summed E-state index contributed by atoms with van der Waals surface area (Å²) in [5.41, 5.74) is 10.9. The van der Waals surface area contributed by atoms with Crippen LogP contribution in [0.15, 0.2) is 10.5 Å². The molecule has 1 aromatic carbocycles. The predicted octanol–water partition coefficient (Wildman–Crippen LogP) is 3.31. The summed E-state index contributed by atoms with van der Waals surface area (Å²) in [4.78, 5) is 0. The molecule has 0 bridgehead atoms. The van der Waals surface area contributed by atoms with Crippen LogP contribution in [0.5, 0.6) is 5.75 Å². The van der Waals surface area contributed by atoms with Crippen molar-refractivity contribution in [2.45, 2.75) is 32.6 Å². The average molecular weight is 322 g/mol. The van der Waals surface area contributed by atoms with Gasteiger partial charge in [0.2, 0.25) is 0 Å². The number of halogens is 1. The van der Waals surface area contributed by atoms with Crippen LogP contribution in [0.1, 0.15) is 29.5 Å². The smallest absolute Gasteiger partial charge is 0.145 e. The molecule has 0 radical (unpaired) electrons. The Bertz CT molecular complexity index is 649. The number of nitrogens with zero attached hydrogens (tertiary/aromatic N) is 1. The summed E-state index contributed by atoms with van der Waals surface area (Å²) in [7, 11) is 0. The first kappa shape index (κ1) is 12.5. The van der Waals surface area contributed by atoms with E-state index >= 15 is 0 Å². The van der Waals surface area contributed by atoms with Gasteiger partial charge in [-0.15, -0.1) is 0 Å². The maximum absolute atomic E-state index is 10.5. The van der Waals surface area contributed by atoms with Gasteiger partial charge in [-0.3, -0.25) is 5.10 Å². The van der Waals surface area contributed by atoms with Crippen LogP contribution in [-0.4, -0.2) is 15.3 Å². The van der Waals surface area contributed by atoms with Crippen molar-refractivity contribution in [3.63, 3.8) is 0 Å². The van der Waals surface area contributed by atoms with Crippen LogP contribution in [0.25, 0.3) is 11.3 Å². The fraction of sp³-hybridized carbons (Fsp3) is 0.357. The number of phenols is 1. The van der Waals surface area contributed by atoms with Crippen molar-refractivity contribution in [3.05, 3.63) is 27.2 Å². The largest absolute Gasteiger partial charge is 0.506 e. The fourth-order valence-electron chi connectivity index (χ4n) is 2.94. The number of nitrogens with two attached hydrogens (primary N) is 1. The number of anilines is 1. The average Bonchev–Trinajstić information content (AvgIpc) is 2.83. The van der Waals surface area contributed by atoms with Gasteiger partial charge in [-0.05, 0) is 65.2 Å². The quantitative estimate of drug-likeness (QED) is 0.754. The molecule has 1 aliphatic rings. The molecule has 4 nitrogen and oxygen atoms in total.